The van der Waals surface area contributed by atoms with Crippen molar-refractivity contribution in [2.24, 2.45) is 0 Å². The van der Waals surface area contributed by atoms with E-state index in [9.17, 15) is 40.7 Å². The minimum absolute atomic E-state index is 0.0109. The third-order valence-electron chi connectivity index (χ3n) is 6.57. The van der Waals surface area contributed by atoms with Gasteiger partial charge in [0.05, 0.1) is 23.4 Å². The second-order valence-corrected chi connectivity index (χ2v) is 11.4. The van der Waals surface area contributed by atoms with Crippen molar-refractivity contribution in [1.29, 1.82) is 0 Å². The highest BCUT2D eigenvalue weighted by Crippen LogP contribution is 2.33. The van der Waals surface area contributed by atoms with E-state index in [4.69, 9.17) is 9.84 Å². The molecule has 0 saturated heterocycles. The van der Waals surface area contributed by atoms with Gasteiger partial charge in [0.2, 0.25) is 0 Å². The molecule has 0 unspecified atom stereocenters. The summed E-state index contributed by atoms with van der Waals surface area (Å²) in [6, 6.07) is 17.5. The lowest BCUT2D eigenvalue weighted by atomic mass is 10.0. The number of halogens is 6. The third kappa shape index (κ3) is 10.8. The van der Waals surface area contributed by atoms with Gasteiger partial charge in [0.15, 0.2) is 6.61 Å². The summed E-state index contributed by atoms with van der Waals surface area (Å²) in [5.41, 5.74) is 0.728. The number of carboxylic acids is 1. The van der Waals surface area contributed by atoms with Crippen molar-refractivity contribution in [2.45, 2.75) is 31.1 Å². The number of ether oxygens (including phenoxy) is 1. The molecule has 0 aliphatic heterocycles. The van der Waals surface area contributed by atoms with Crippen LogP contribution in [-0.2, 0) is 23.3 Å². The number of amides is 2. The molecular formula is C33H27F6N3O5S. The Morgan fingerprint density at radius 1 is 0.833 bits per heavy atom. The van der Waals surface area contributed by atoms with Crippen molar-refractivity contribution in [2.75, 3.05) is 17.7 Å². The van der Waals surface area contributed by atoms with Crippen molar-refractivity contribution in [3.8, 4) is 17.0 Å². The number of hydrogen-bond donors (Lipinski definition) is 3. The van der Waals surface area contributed by atoms with Crippen LogP contribution in [0.1, 0.15) is 43.8 Å². The molecule has 0 atom stereocenters. The lowest BCUT2D eigenvalue weighted by Crippen LogP contribution is -2.23. The van der Waals surface area contributed by atoms with E-state index in [1.54, 1.807) is 24.3 Å². The second-order valence-electron chi connectivity index (χ2n) is 10.3. The number of nitrogens with one attached hydrogen (secondary N) is 2. The highest BCUT2D eigenvalue weighted by Gasteiger charge is 2.30. The van der Waals surface area contributed by atoms with Crippen LogP contribution in [0.15, 0.2) is 85.1 Å². The van der Waals surface area contributed by atoms with Crippen molar-refractivity contribution in [1.82, 2.24) is 10.3 Å². The Bertz CT molecular complexity index is 1780. The quantitative estimate of drug-likeness (QED) is 0.0977. The van der Waals surface area contributed by atoms with E-state index in [0.717, 1.165) is 17.7 Å². The SMILES string of the molecule is O=C(O)CCSCc1cccc(C(=O)Nc2ccc(OCC(F)(F)F)cc2-c2cc(C(=O)NCc3cccc(C(F)(F)F)c3)ccn2)c1. The summed E-state index contributed by atoms with van der Waals surface area (Å²) in [5.74, 6) is -1.50. The number of aromatic nitrogens is 1. The van der Waals surface area contributed by atoms with Gasteiger partial charge in [-0.1, -0.05) is 24.3 Å². The molecule has 0 aliphatic carbocycles. The first-order valence-corrected chi connectivity index (χ1v) is 15.3. The molecule has 0 radical (unpaired) electrons. The number of hydrogen-bond acceptors (Lipinski definition) is 6. The largest absolute Gasteiger partial charge is 0.484 e. The summed E-state index contributed by atoms with van der Waals surface area (Å²) in [6.07, 6.45) is -7.94. The zero-order chi connectivity index (χ0) is 34.9. The minimum Gasteiger partial charge on any atom is -0.484 e. The summed E-state index contributed by atoms with van der Waals surface area (Å²) in [7, 11) is 0. The fourth-order valence-corrected chi connectivity index (χ4v) is 5.19. The van der Waals surface area contributed by atoms with Gasteiger partial charge >= 0.3 is 18.3 Å². The monoisotopic (exact) mass is 691 g/mol. The van der Waals surface area contributed by atoms with Gasteiger partial charge in [0, 0.05) is 40.9 Å². The lowest BCUT2D eigenvalue weighted by molar-refractivity contribution is -0.153. The molecule has 0 fully saturated rings. The Balaban J connectivity index is 1.57. The van der Waals surface area contributed by atoms with Crippen LogP contribution in [0.25, 0.3) is 11.3 Å². The van der Waals surface area contributed by atoms with Gasteiger partial charge in [-0.2, -0.15) is 38.1 Å². The van der Waals surface area contributed by atoms with E-state index in [0.29, 0.717) is 11.5 Å². The third-order valence-corrected chi connectivity index (χ3v) is 7.60. The molecule has 4 aromatic rings. The molecule has 3 N–H and O–H groups in total. The molecule has 3 aromatic carbocycles. The molecule has 252 valence electrons. The lowest BCUT2D eigenvalue weighted by Gasteiger charge is -2.15. The molecule has 0 bridgehead atoms. The zero-order valence-electron chi connectivity index (χ0n) is 24.8. The van der Waals surface area contributed by atoms with Gasteiger partial charge in [-0.05, 0) is 65.7 Å². The predicted molar refractivity (Wildman–Crippen MR) is 167 cm³/mol. The minimum atomic E-state index is -4.63. The van der Waals surface area contributed by atoms with Gasteiger partial charge in [0.1, 0.15) is 5.75 Å². The Kier molecular flexibility index (Phi) is 11.7. The second kappa shape index (κ2) is 15.7. The highest BCUT2D eigenvalue weighted by atomic mass is 32.2. The molecule has 0 spiro atoms. The average molecular weight is 692 g/mol. The number of benzene rings is 3. The van der Waals surface area contributed by atoms with Crippen LogP contribution in [0.2, 0.25) is 0 Å². The van der Waals surface area contributed by atoms with Crippen LogP contribution < -0.4 is 15.4 Å². The Labute approximate surface area is 274 Å². The normalized spacial score (nSPS) is 11.5. The number of aliphatic carboxylic acids is 1. The van der Waals surface area contributed by atoms with Gasteiger partial charge in [-0.15, -0.1) is 0 Å². The van der Waals surface area contributed by atoms with Crippen LogP contribution in [0.3, 0.4) is 0 Å². The first kappa shape index (κ1) is 35.8. The first-order chi connectivity index (χ1) is 22.7. The number of thioether (sulfide) groups is 1. The maximum absolute atomic E-state index is 13.3. The molecule has 2 amide bonds. The Morgan fingerprint density at radius 3 is 2.29 bits per heavy atom. The topological polar surface area (TPSA) is 118 Å². The molecule has 15 heteroatoms. The number of nitrogens with zero attached hydrogens (tertiary/aromatic N) is 1. The number of carbonyl (C=O) groups is 3. The van der Waals surface area contributed by atoms with Crippen molar-refractivity contribution in [3.05, 3.63) is 113 Å². The fourth-order valence-electron chi connectivity index (χ4n) is 4.31. The summed E-state index contributed by atoms with van der Waals surface area (Å²) in [5, 5.41) is 14.1. The molecule has 1 heterocycles. The average Bonchev–Trinajstić information content (AvgIpc) is 3.04. The molecule has 8 nitrogen and oxygen atoms in total. The number of rotatable bonds is 13. The molecule has 0 aliphatic rings. The summed E-state index contributed by atoms with van der Waals surface area (Å²) in [4.78, 5) is 41.2. The van der Waals surface area contributed by atoms with E-state index in [-0.39, 0.29) is 52.4 Å². The molecule has 4 rings (SSSR count). The van der Waals surface area contributed by atoms with Crippen LogP contribution >= 0.6 is 11.8 Å². The van der Waals surface area contributed by atoms with E-state index >= 15 is 0 Å². The van der Waals surface area contributed by atoms with E-state index in [1.807, 2.05) is 0 Å². The first-order valence-electron chi connectivity index (χ1n) is 14.1. The summed E-state index contributed by atoms with van der Waals surface area (Å²) in [6.45, 7) is -1.81. The maximum Gasteiger partial charge on any atom is 0.422 e. The van der Waals surface area contributed by atoms with Gasteiger partial charge in [-0.3, -0.25) is 19.4 Å². The molecule has 0 saturated carbocycles. The number of pyridine rings is 1. The molecular weight excluding hydrogens is 664 g/mol. The fraction of sp³-hybridized carbons (Fsp3) is 0.212. The maximum atomic E-state index is 13.3. The van der Waals surface area contributed by atoms with E-state index < -0.39 is 42.3 Å². The Hall–Kier alpha value is -5.05. The Morgan fingerprint density at radius 2 is 1.56 bits per heavy atom. The van der Waals surface area contributed by atoms with Crippen molar-refractivity contribution < 1.29 is 50.6 Å². The van der Waals surface area contributed by atoms with Gasteiger partial charge in [0.25, 0.3) is 11.8 Å². The van der Waals surface area contributed by atoms with Crippen molar-refractivity contribution in [3.63, 3.8) is 0 Å². The molecule has 48 heavy (non-hydrogen) atoms. The number of carbonyl (C=O) groups excluding carboxylic acids is 2. The summed E-state index contributed by atoms with van der Waals surface area (Å²) >= 11 is 1.38. The number of carboxylic acid groups (broad SMARTS) is 1. The van der Waals surface area contributed by atoms with Crippen LogP contribution in [0, 0.1) is 0 Å². The predicted octanol–water partition coefficient (Wildman–Crippen LogP) is 7.60. The van der Waals surface area contributed by atoms with Gasteiger partial charge < -0.3 is 20.5 Å². The van der Waals surface area contributed by atoms with Crippen LogP contribution in [0.5, 0.6) is 5.75 Å². The van der Waals surface area contributed by atoms with E-state index in [1.165, 1.54) is 60.4 Å². The van der Waals surface area contributed by atoms with Crippen molar-refractivity contribution >= 4 is 35.2 Å². The van der Waals surface area contributed by atoms with E-state index in [2.05, 4.69) is 15.6 Å². The van der Waals surface area contributed by atoms with Crippen LogP contribution in [0.4, 0.5) is 32.0 Å². The number of anilines is 1. The number of alkyl halides is 6. The smallest absolute Gasteiger partial charge is 0.422 e. The van der Waals surface area contributed by atoms with Gasteiger partial charge in [-0.25, -0.2) is 0 Å². The summed E-state index contributed by atoms with van der Waals surface area (Å²) < 4.78 is 82.7. The van der Waals surface area contributed by atoms with Crippen LogP contribution in [-0.4, -0.2) is 46.4 Å². The molecule has 1 aromatic heterocycles. The highest BCUT2D eigenvalue weighted by molar-refractivity contribution is 7.98. The standard InChI is InChI=1S/C33H27F6N3O5S/c34-32(35,36)19-47-25-7-8-27(42-31(46)22-5-1-4-21(13-22)18-48-12-10-29(43)44)26(16-25)28-15-23(9-11-40-28)30(45)41-17-20-3-2-6-24(14-20)33(37,38)39/h1-9,11,13-16H,10,12,17-19H2,(H,41,45)(H,42,46)(H,43,44). The zero-order valence-corrected chi connectivity index (χ0v) is 25.6.